The third-order valence-corrected chi connectivity index (χ3v) is 2.51. The number of amides is 2. The van der Waals surface area contributed by atoms with Crippen molar-refractivity contribution in [2.24, 2.45) is 0 Å². The maximum absolute atomic E-state index is 11.6. The molecule has 0 heterocycles. The molecule has 1 aromatic carbocycles. The molecule has 0 aromatic heterocycles. The number of nitrogens with one attached hydrogen (secondary N) is 2. The van der Waals surface area contributed by atoms with E-state index >= 15 is 0 Å². The van der Waals surface area contributed by atoms with Crippen LogP contribution in [0.15, 0.2) is 24.3 Å². The summed E-state index contributed by atoms with van der Waals surface area (Å²) in [5, 5.41) is 13.8. The lowest BCUT2D eigenvalue weighted by atomic mass is 10.2. The topological polar surface area (TPSA) is 87.7 Å². The van der Waals surface area contributed by atoms with Crippen molar-refractivity contribution < 1.29 is 19.4 Å². The number of carboxylic acids is 1. The number of carboxylic acid groups (broad SMARTS) is 1. The SMILES string of the molecule is CC[C@@H](NC(=O)Nc1cccc(COC)c1)C(=O)O. The Morgan fingerprint density at radius 2 is 2.16 bits per heavy atom. The van der Waals surface area contributed by atoms with Gasteiger partial charge in [-0.25, -0.2) is 9.59 Å². The molecule has 1 aromatic rings. The second kappa shape index (κ2) is 7.38. The van der Waals surface area contributed by atoms with Crippen LogP contribution in [0.25, 0.3) is 0 Å². The van der Waals surface area contributed by atoms with E-state index in [1.165, 1.54) is 0 Å². The Hall–Kier alpha value is -2.08. The molecule has 1 atom stereocenters. The molecule has 2 amide bonds. The lowest BCUT2D eigenvalue weighted by Gasteiger charge is -2.13. The number of ether oxygens (including phenoxy) is 1. The van der Waals surface area contributed by atoms with Gasteiger partial charge in [0.1, 0.15) is 6.04 Å². The van der Waals surface area contributed by atoms with Crippen LogP contribution in [-0.2, 0) is 16.1 Å². The summed E-state index contributed by atoms with van der Waals surface area (Å²) in [6.45, 7) is 2.14. The average Bonchev–Trinajstić information content (AvgIpc) is 2.36. The van der Waals surface area contributed by atoms with Gasteiger partial charge in [-0.05, 0) is 24.1 Å². The van der Waals surface area contributed by atoms with Crippen molar-refractivity contribution in [3.05, 3.63) is 29.8 Å². The first-order valence-electron chi connectivity index (χ1n) is 5.95. The quantitative estimate of drug-likeness (QED) is 0.732. The molecule has 3 N–H and O–H groups in total. The zero-order valence-corrected chi connectivity index (χ0v) is 11.0. The number of hydrogen-bond donors (Lipinski definition) is 3. The van der Waals surface area contributed by atoms with Crippen LogP contribution in [0, 0.1) is 0 Å². The molecule has 0 bridgehead atoms. The van der Waals surface area contributed by atoms with Gasteiger partial charge in [0.25, 0.3) is 0 Å². The number of benzene rings is 1. The smallest absolute Gasteiger partial charge is 0.326 e. The minimum absolute atomic E-state index is 0.326. The van der Waals surface area contributed by atoms with E-state index in [2.05, 4.69) is 10.6 Å². The first kappa shape index (κ1) is 15.0. The van der Waals surface area contributed by atoms with Gasteiger partial charge < -0.3 is 20.5 Å². The highest BCUT2D eigenvalue weighted by Gasteiger charge is 2.17. The van der Waals surface area contributed by atoms with E-state index in [1.807, 2.05) is 6.07 Å². The number of rotatable bonds is 6. The largest absolute Gasteiger partial charge is 0.480 e. The van der Waals surface area contributed by atoms with E-state index in [-0.39, 0.29) is 0 Å². The molecule has 0 unspecified atom stereocenters. The molecule has 0 saturated heterocycles. The standard InChI is InChI=1S/C13H18N2O4/c1-3-11(12(16)17)15-13(18)14-10-6-4-5-9(7-10)8-19-2/h4-7,11H,3,8H2,1-2H3,(H,16,17)(H2,14,15,18)/t11-/m1/s1. The molecule has 104 valence electrons. The van der Waals surface area contributed by atoms with Crippen molar-refractivity contribution in [2.75, 3.05) is 12.4 Å². The summed E-state index contributed by atoms with van der Waals surface area (Å²) >= 11 is 0. The zero-order valence-electron chi connectivity index (χ0n) is 11.0. The Labute approximate surface area is 111 Å². The minimum atomic E-state index is -1.05. The predicted molar refractivity (Wildman–Crippen MR) is 71.0 cm³/mol. The summed E-state index contributed by atoms with van der Waals surface area (Å²) in [7, 11) is 1.59. The average molecular weight is 266 g/mol. The number of carbonyl (C=O) groups is 2. The summed E-state index contributed by atoms with van der Waals surface area (Å²) in [4.78, 5) is 22.4. The molecule has 0 aliphatic carbocycles. The van der Waals surface area contributed by atoms with Crippen LogP contribution in [0.2, 0.25) is 0 Å². The monoisotopic (exact) mass is 266 g/mol. The Morgan fingerprint density at radius 3 is 2.74 bits per heavy atom. The van der Waals surface area contributed by atoms with Crippen molar-refractivity contribution >= 4 is 17.7 Å². The van der Waals surface area contributed by atoms with Crippen LogP contribution < -0.4 is 10.6 Å². The van der Waals surface area contributed by atoms with Gasteiger partial charge in [-0.1, -0.05) is 19.1 Å². The van der Waals surface area contributed by atoms with E-state index in [0.29, 0.717) is 18.7 Å². The molecule has 6 heteroatoms. The van der Waals surface area contributed by atoms with E-state index in [9.17, 15) is 9.59 Å². The van der Waals surface area contributed by atoms with Gasteiger partial charge in [0, 0.05) is 12.8 Å². The molecule has 0 aliphatic rings. The molecule has 19 heavy (non-hydrogen) atoms. The number of methoxy groups -OCH3 is 1. The lowest BCUT2D eigenvalue weighted by Crippen LogP contribution is -2.42. The zero-order chi connectivity index (χ0) is 14.3. The molecule has 0 saturated carbocycles. The van der Waals surface area contributed by atoms with Gasteiger partial charge >= 0.3 is 12.0 Å². The highest BCUT2D eigenvalue weighted by atomic mass is 16.5. The van der Waals surface area contributed by atoms with Gasteiger partial charge in [0.05, 0.1) is 6.61 Å². The van der Waals surface area contributed by atoms with Crippen molar-refractivity contribution in [3.8, 4) is 0 Å². The molecular formula is C13H18N2O4. The van der Waals surface area contributed by atoms with E-state index < -0.39 is 18.0 Å². The molecule has 1 rings (SSSR count). The summed E-state index contributed by atoms with van der Waals surface area (Å²) in [6, 6.07) is 5.73. The lowest BCUT2D eigenvalue weighted by molar-refractivity contribution is -0.139. The third-order valence-electron chi connectivity index (χ3n) is 2.51. The van der Waals surface area contributed by atoms with Gasteiger partial charge in [0.2, 0.25) is 0 Å². The Balaban J connectivity index is 2.61. The van der Waals surface area contributed by atoms with Gasteiger partial charge in [-0.3, -0.25) is 0 Å². The third kappa shape index (κ3) is 4.97. The van der Waals surface area contributed by atoms with Crippen LogP contribution in [-0.4, -0.2) is 30.3 Å². The molecule has 6 nitrogen and oxygen atoms in total. The maximum Gasteiger partial charge on any atom is 0.326 e. The van der Waals surface area contributed by atoms with Crippen molar-refractivity contribution in [1.82, 2.24) is 5.32 Å². The molecule has 0 radical (unpaired) electrons. The van der Waals surface area contributed by atoms with Gasteiger partial charge in [0.15, 0.2) is 0 Å². The Morgan fingerprint density at radius 1 is 1.42 bits per heavy atom. The summed E-state index contributed by atoms with van der Waals surface area (Å²) < 4.78 is 5.00. The highest BCUT2D eigenvalue weighted by molar-refractivity contribution is 5.92. The first-order chi connectivity index (χ1) is 9.06. The van der Waals surface area contributed by atoms with Crippen LogP contribution in [0.1, 0.15) is 18.9 Å². The van der Waals surface area contributed by atoms with Crippen LogP contribution in [0.3, 0.4) is 0 Å². The van der Waals surface area contributed by atoms with Gasteiger partial charge in [-0.2, -0.15) is 0 Å². The first-order valence-corrected chi connectivity index (χ1v) is 5.95. The number of urea groups is 1. The summed E-state index contributed by atoms with van der Waals surface area (Å²) in [5.41, 5.74) is 1.51. The summed E-state index contributed by atoms with van der Waals surface area (Å²) in [5.74, 6) is -1.05. The Bertz CT molecular complexity index is 448. The van der Waals surface area contributed by atoms with Crippen molar-refractivity contribution in [2.45, 2.75) is 26.0 Å². The fourth-order valence-corrected chi connectivity index (χ4v) is 1.57. The fourth-order valence-electron chi connectivity index (χ4n) is 1.57. The fraction of sp³-hybridized carbons (Fsp3) is 0.385. The number of hydrogen-bond acceptors (Lipinski definition) is 3. The summed E-state index contributed by atoms with van der Waals surface area (Å²) in [6.07, 6.45) is 0.326. The highest BCUT2D eigenvalue weighted by Crippen LogP contribution is 2.11. The number of aliphatic carboxylic acids is 1. The second-order valence-corrected chi connectivity index (χ2v) is 4.03. The predicted octanol–water partition coefficient (Wildman–Crippen LogP) is 1.82. The molecular weight excluding hydrogens is 248 g/mol. The normalized spacial score (nSPS) is 11.7. The van der Waals surface area contributed by atoms with E-state index in [4.69, 9.17) is 9.84 Å². The Kier molecular flexibility index (Phi) is 5.81. The molecule has 0 fully saturated rings. The van der Waals surface area contributed by atoms with Crippen LogP contribution in [0.5, 0.6) is 0 Å². The van der Waals surface area contributed by atoms with E-state index in [1.54, 1.807) is 32.2 Å². The second-order valence-electron chi connectivity index (χ2n) is 4.03. The van der Waals surface area contributed by atoms with Crippen LogP contribution in [0.4, 0.5) is 10.5 Å². The number of anilines is 1. The molecule has 0 aliphatic heterocycles. The number of carbonyl (C=O) groups excluding carboxylic acids is 1. The van der Waals surface area contributed by atoms with Crippen LogP contribution >= 0.6 is 0 Å². The molecule has 0 spiro atoms. The van der Waals surface area contributed by atoms with E-state index in [0.717, 1.165) is 5.56 Å². The van der Waals surface area contributed by atoms with Crippen molar-refractivity contribution in [3.63, 3.8) is 0 Å². The van der Waals surface area contributed by atoms with Crippen molar-refractivity contribution in [1.29, 1.82) is 0 Å². The van der Waals surface area contributed by atoms with Gasteiger partial charge in [-0.15, -0.1) is 0 Å². The maximum atomic E-state index is 11.6. The minimum Gasteiger partial charge on any atom is -0.480 e.